The Labute approximate surface area is 243 Å². The van der Waals surface area contributed by atoms with Gasteiger partial charge in [0, 0.05) is 5.92 Å². The van der Waals surface area contributed by atoms with E-state index in [0.717, 1.165) is 56.5 Å². The van der Waals surface area contributed by atoms with Crippen LogP contribution < -0.4 is 0 Å². The molecule has 40 heavy (non-hydrogen) atoms. The summed E-state index contributed by atoms with van der Waals surface area (Å²) in [5.41, 5.74) is 8.25. The standard InChI is InChI=1S/C37H52O3/c1-21(25-14-17-29(35(5,6)7)32(38)22(25)2)20-28(26-15-18-30(36(8,9)10)33(39)23(26)3)27-16-19-31(37(11,12)13)34(40)24(27)4/h14-19,21,28,38-40H,20H2,1-13H3. The third-order valence-corrected chi connectivity index (χ3v) is 8.71. The molecule has 0 aliphatic heterocycles. The molecule has 1 atom stereocenters. The van der Waals surface area contributed by atoms with Crippen molar-refractivity contribution in [3.63, 3.8) is 0 Å². The third-order valence-electron chi connectivity index (χ3n) is 8.71. The van der Waals surface area contributed by atoms with Crippen LogP contribution in [0.15, 0.2) is 36.4 Å². The fourth-order valence-corrected chi connectivity index (χ4v) is 6.15. The smallest absolute Gasteiger partial charge is 0.122 e. The molecular formula is C37H52O3. The molecule has 0 aliphatic carbocycles. The van der Waals surface area contributed by atoms with Crippen molar-refractivity contribution in [1.82, 2.24) is 0 Å². The summed E-state index contributed by atoms with van der Waals surface area (Å²) in [6.07, 6.45) is 0.763. The molecule has 0 saturated carbocycles. The van der Waals surface area contributed by atoms with Gasteiger partial charge in [0.25, 0.3) is 0 Å². The zero-order valence-electron chi connectivity index (χ0n) is 27.2. The average Bonchev–Trinajstić information content (AvgIpc) is 2.80. The first-order chi connectivity index (χ1) is 18.2. The summed E-state index contributed by atoms with van der Waals surface area (Å²) in [6.45, 7) is 27.3. The highest BCUT2D eigenvalue weighted by molar-refractivity contribution is 5.56. The lowest BCUT2D eigenvalue weighted by Crippen LogP contribution is -2.16. The molecule has 3 aromatic rings. The lowest BCUT2D eigenvalue weighted by molar-refractivity contribution is 0.438. The van der Waals surface area contributed by atoms with Crippen LogP contribution in [0.5, 0.6) is 17.2 Å². The lowest BCUT2D eigenvalue weighted by Gasteiger charge is -2.30. The van der Waals surface area contributed by atoms with E-state index >= 15 is 0 Å². The molecule has 0 spiro atoms. The molecule has 1 unspecified atom stereocenters. The quantitative estimate of drug-likeness (QED) is 0.299. The third kappa shape index (κ3) is 6.04. The molecule has 3 N–H and O–H groups in total. The van der Waals surface area contributed by atoms with E-state index in [0.29, 0.717) is 17.2 Å². The molecule has 0 aliphatic rings. The van der Waals surface area contributed by atoms with Crippen LogP contribution in [0.3, 0.4) is 0 Å². The van der Waals surface area contributed by atoms with Gasteiger partial charge < -0.3 is 15.3 Å². The van der Waals surface area contributed by atoms with Gasteiger partial charge in [0.15, 0.2) is 0 Å². The maximum Gasteiger partial charge on any atom is 0.122 e. The summed E-state index contributed by atoms with van der Waals surface area (Å²) in [5.74, 6) is 1.13. The van der Waals surface area contributed by atoms with Crippen LogP contribution in [0.1, 0.15) is 138 Å². The van der Waals surface area contributed by atoms with Crippen LogP contribution in [-0.2, 0) is 16.2 Å². The summed E-state index contributed by atoms with van der Waals surface area (Å²) >= 11 is 0. The van der Waals surface area contributed by atoms with Gasteiger partial charge in [-0.05, 0) is 99.4 Å². The summed E-state index contributed by atoms with van der Waals surface area (Å²) in [6, 6.07) is 12.7. The van der Waals surface area contributed by atoms with Crippen molar-refractivity contribution in [3.05, 3.63) is 86.5 Å². The number of hydrogen-bond acceptors (Lipinski definition) is 3. The Morgan fingerprint density at radius 2 is 0.775 bits per heavy atom. The molecule has 3 heteroatoms. The first-order valence-electron chi connectivity index (χ1n) is 14.7. The Morgan fingerprint density at radius 3 is 1.07 bits per heavy atom. The molecule has 0 amide bonds. The SMILES string of the molecule is Cc1c(C(C)CC(c2ccc(C(C)(C)C)c(O)c2C)c2ccc(C(C)(C)C)c(O)c2C)ccc(C(C)(C)C)c1O. The first-order valence-corrected chi connectivity index (χ1v) is 14.7. The van der Waals surface area contributed by atoms with Crippen LogP contribution in [-0.4, -0.2) is 15.3 Å². The van der Waals surface area contributed by atoms with Crippen LogP contribution in [0.25, 0.3) is 0 Å². The molecule has 0 bridgehead atoms. The van der Waals surface area contributed by atoms with Gasteiger partial charge in [-0.2, -0.15) is 0 Å². The number of phenols is 3. The highest BCUT2D eigenvalue weighted by Crippen LogP contribution is 2.46. The van der Waals surface area contributed by atoms with Crippen molar-refractivity contribution in [2.75, 3.05) is 0 Å². The summed E-state index contributed by atoms with van der Waals surface area (Å²) in [4.78, 5) is 0. The topological polar surface area (TPSA) is 60.7 Å². The molecule has 0 heterocycles. The predicted molar refractivity (Wildman–Crippen MR) is 170 cm³/mol. The Kier molecular flexibility index (Phi) is 8.53. The van der Waals surface area contributed by atoms with Crippen LogP contribution >= 0.6 is 0 Å². The van der Waals surface area contributed by atoms with Crippen molar-refractivity contribution < 1.29 is 15.3 Å². The number of phenolic OH excluding ortho intramolecular Hbond substituents is 3. The molecule has 0 saturated heterocycles. The molecular weight excluding hydrogens is 492 g/mol. The minimum atomic E-state index is -0.178. The van der Waals surface area contributed by atoms with E-state index in [1.807, 2.05) is 20.8 Å². The van der Waals surface area contributed by atoms with E-state index < -0.39 is 0 Å². The first kappa shape index (κ1) is 31.6. The Morgan fingerprint density at radius 1 is 0.500 bits per heavy atom. The van der Waals surface area contributed by atoms with Gasteiger partial charge in [-0.15, -0.1) is 0 Å². The Balaban J connectivity index is 2.22. The molecule has 3 nitrogen and oxygen atoms in total. The van der Waals surface area contributed by atoms with E-state index in [1.165, 1.54) is 0 Å². The molecule has 0 radical (unpaired) electrons. The van der Waals surface area contributed by atoms with E-state index in [9.17, 15) is 15.3 Å². The van der Waals surface area contributed by atoms with Gasteiger partial charge in [-0.25, -0.2) is 0 Å². The second-order valence-electron chi connectivity index (χ2n) is 15.0. The minimum absolute atomic E-state index is 0.0568. The molecule has 0 fully saturated rings. The summed E-state index contributed by atoms with van der Waals surface area (Å²) < 4.78 is 0. The molecule has 3 rings (SSSR count). The van der Waals surface area contributed by atoms with Gasteiger partial charge in [0.05, 0.1) is 0 Å². The second-order valence-corrected chi connectivity index (χ2v) is 15.0. The monoisotopic (exact) mass is 544 g/mol. The van der Waals surface area contributed by atoms with Crippen molar-refractivity contribution >= 4 is 0 Å². The van der Waals surface area contributed by atoms with Gasteiger partial charge in [0.1, 0.15) is 17.2 Å². The molecule has 218 valence electrons. The van der Waals surface area contributed by atoms with Gasteiger partial charge >= 0.3 is 0 Å². The highest BCUT2D eigenvalue weighted by Gasteiger charge is 2.30. The highest BCUT2D eigenvalue weighted by atomic mass is 16.3. The van der Waals surface area contributed by atoms with Gasteiger partial charge in [-0.3, -0.25) is 0 Å². The maximum absolute atomic E-state index is 11.3. The van der Waals surface area contributed by atoms with Crippen molar-refractivity contribution in [2.24, 2.45) is 0 Å². The van der Waals surface area contributed by atoms with E-state index in [1.54, 1.807) is 0 Å². The number of hydrogen-bond donors (Lipinski definition) is 3. The van der Waals surface area contributed by atoms with Gasteiger partial charge in [0.2, 0.25) is 0 Å². The van der Waals surface area contributed by atoms with Crippen molar-refractivity contribution in [3.8, 4) is 17.2 Å². The van der Waals surface area contributed by atoms with E-state index in [2.05, 4.69) is 106 Å². The fraction of sp³-hybridized carbons (Fsp3) is 0.514. The van der Waals surface area contributed by atoms with Crippen molar-refractivity contribution in [1.29, 1.82) is 0 Å². The average molecular weight is 545 g/mol. The maximum atomic E-state index is 11.3. The molecule has 3 aromatic carbocycles. The van der Waals surface area contributed by atoms with E-state index in [-0.39, 0.29) is 28.1 Å². The summed E-state index contributed by atoms with van der Waals surface area (Å²) in [5, 5.41) is 33.8. The number of rotatable bonds is 5. The molecule has 0 aromatic heterocycles. The van der Waals surface area contributed by atoms with E-state index in [4.69, 9.17) is 0 Å². The summed E-state index contributed by atoms with van der Waals surface area (Å²) in [7, 11) is 0. The van der Waals surface area contributed by atoms with Crippen molar-refractivity contribution in [2.45, 2.75) is 125 Å². The largest absolute Gasteiger partial charge is 0.507 e. The van der Waals surface area contributed by atoms with Crippen LogP contribution in [0.2, 0.25) is 0 Å². The lowest BCUT2D eigenvalue weighted by atomic mass is 9.74. The van der Waals surface area contributed by atoms with Crippen LogP contribution in [0, 0.1) is 20.8 Å². The minimum Gasteiger partial charge on any atom is -0.507 e. The van der Waals surface area contributed by atoms with Crippen LogP contribution in [0.4, 0.5) is 0 Å². The second kappa shape index (κ2) is 10.8. The number of benzene rings is 3. The Bertz CT molecular complexity index is 1320. The van der Waals surface area contributed by atoms with Gasteiger partial charge in [-0.1, -0.05) is 106 Å². The fourth-order valence-electron chi connectivity index (χ4n) is 6.15. The zero-order chi connectivity index (χ0) is 30.5. The number of aromatic hydroxyl groups is 3. The Hall–Kier alpha value is -2.94. The zero-order valence-corrected chi connectivity index (χ0v) is 27.2. The normalized spacial score (nSPS) is 13.7. The predicted octanol–water partition coefficient (Wildman–Crippen LogP) is 9.95.